The van der Waals surface area contributed by atoms with Crippen molar-refractivity contribution in [3.05, 3.63) is 137 Å². The van der Waals surface area contributed by atoms with Crippen molar-refractivity contribution in [3.63, 3.8) is 0 Å². The second-order valence-corrected chi connectivity index (χ2v) is 20.0. The minimum Gasteiger partial charge on any atom is -0.497 e. The normalized spacial score (nSPS) is 16.1. The first-order chi connectivity index (χ1) is 30.9. The molecular weight excluding hydrogens is 841 g/mol. The molecule has 3 aliphatic heterocycles. The van der Waals surface area contributed by atoms with Crippen LogP contribution in [0.5, 0.6) is 17.2 Å². The fourth-order valence-electron chi connectivity index (χ4n) is 8.61. The lowest BCUT2D eigenvalue weighted by atomic mass is 9.95. The van der Waals surface area contributed by atoms with Crippen molar-refractivity contribution in [2.45, 2.75) is 95.8 Å². The molecule has 63 heavy (non-hydrogen) atoms. The summed E-state index contributed by atoms with van der Waals surface area (Å²) in [5, 5.41) is 14.0. The summed E-state index contributed by atoms with van der Waals surface area (Å²) < 4.78 is 15.6. The smallest absolute Gasteiger partial charge is 0.118 e. The van der Waals surface area contributed by atoms with E-state index in [1.165, 1.54) is 96.3 Å². The average Bonchev–Trinajstić information content (AvgIpc) is 4.09. The summed E-state index contributed by atoms with van der Waals surface area (Å²) in [6.45, 7) is 11.2. The Balaban J connectivity index is 0.000000142. The monoisotopic (exact) mass is 906 g/mol. The number of methoxy groups -OCH3 is 3. The largest absolute Gasteiger partial charge is 0.497 e. The van der Waals surface area contributed by atoms with Gasteiger partial charge in [-0.15, -0.1) is 34.0 Å². The summed E-state index contributed by atoms with van der Waals surface area (Å²) >= 11 is 5.70. The lowest BCUT2D eigenvalue weighted by molar-refractivity contribution is 0.414. The third kappa shape index (κ3) is 13.7. The van der Waals surface area contributed by atoms with Crippen molar-refractivity contribution < 1.29 is 14.2 Å². The molecule has 0 aliphatic carbocycles. The van der Waals surface area contributed by atoms with E-state index < -0.39 is 0 Å². The number of aromatic nitrogens is 3. The van der Waals surface area contributed by atoms with Crippen LogP contribution in [0.1, 0.15) is 121 Å². The molecule has 336 valence electrons. The maximum absolute atomic E-state index is 5.22. The molecule has 3 N–H and O–H groups in total. The second-order valence-electron chi connectivity index (χ2n) is 16.6. The number of hydrogen-bond donors (Lipinski definition) is 3. The molecule has 3 aromatic heterocycles. The maximum atomic E-state index is 5.22. The van der Waals surface area contributed by atoms with E-state index in [2.05, 4.69) is 77.4 Å². The van der Waals surface area contributed by atoms with Gasteiger partial charge in [0.15, 0.2) is 0 Å². The third-order valence-electron chi connectivity index (χ3n) is 12.3. The Morgan fingerprint density at radius 1 is 0.508 bits per heavy atom. The van der Waals surface area contributed by atoms with Crippen molar-refractivity contribution in [3.8, 4) is 17.2 Å². The quantitative estimate of drug-likeness (QED) is 0.105. The van der Waals surface area contributed by atoms with Crippen molar-refractivity contribution in [2.24, 2.45) is 0 Å². The molecule has 0 unspecified atom stereocenters. The summed E-state index contributed by atoms with van der Waals surface area (Å²) in [6, 6.07) is 24.9. The Morgan fingerprint density at radius 2 is 0.905 bits per heavy atom. The average molecular weight is 907 g/mol. The third-order valence-corrected chi connectivity index (χ3v) is 16.0. The molecule has 0 bridgehead atoms. The van der Waals surface area contributed by atoms with Gasteiger partial charge in [0.1, 0.15) is 17.2 Å². The van der Waals surface area contributed by atoms with Crippen molar-refractivity contribution in [1.82, 2.24) is 30.9 Å². The first-order valence-corrected chi connectivity index (χ1v) is 25.3. The number of benzene rings is 3. The van der Waals surface area contributed by atoms with Crippen molar-refractivity contribution in [1.29, 1.82) is 0 Å². The number of nitrogens with zero attached hydrogens (tertiary/aromatic N) is 3. The molecule has 0 spiro atoms. The van der Waals surface area contributed by atoms with Gasteiger partial charge in [0, 0.05) is 40.1 Å². The summed E-state index contributed by atoms with van der Waals surface area (Å²) in [6.07, 6.45) is 13.3. The first-order valence-electron chi connectivity index (χ1n) is 22.8. The summed E-state index contributed by atoms with van der Waals surface area (Å²) in [5.74, 6) is 4.84. The molecule has 3 aromatic carbocycles. The lowest BCUT2D eigenvalue weighted by Gasteiger charge is -2.22. The van der Waals surface area contributed by atoms with E-state index in [0.29, 0.717) is 17.8 Å². The lowest BCUT2D eigenvalue weighted by Crippen LogP contribution is -2.26. The molecule has 0 radical (unpaired) electrons. The highest BCUT2D eigenvalue weighted by Crippen LogP contribution is 2.36. The number of nitrogens with one attached hydrogen (secondary N) is 3. The molecule has 6 heterocycles. The van der Waals surface area contributed by atoms with Crippen LogP contribution in [-0.4, -0.2) is 75.5 Å². The Bertz CT molecular complexity index is 2240. The van der Waals surface area contributed by atoms with Gasteiger partial charge in [-0.05, 0) is 162 Å². The Labute approximate surface area is 387 Å². The summed E-state index contributed by atoms with van der Waals surface area (Å²) in [4.78, 5) is 18.8. The van der Waals surface area contributed by atoms with Gasteiger partial charge in [-0.25, -0.2) is 15.0 Å². The van der Waals surface area contributed by atoms with Gasteiger partial charge in [0.05, 0.1) is 47.7 Å². The zero-order valence-corrected chi connectivity index (χ0v) is 40.3. The fourth-order valence-corrected chi connectivity index (χ4v) is 12.4. The number of piperidine rings is 3. The van der Waals surface area contributed by atoms with Gasteiger partial charge >= 0.3 is 0 Å². The van der Waals surface area contributed by atoms with Crippen LogP contribution in [-0.2, 0) is 25.7 Å². The number of hydrogen-bond acceptors (Lipinski definition) is 12. The summed E-state index contributed by atoms with van der Waals surface area (Å²) in [5.41, 5.74) is 6.43. The fraction of sp³-hybridized carbons (Fsp3) is 0.471. The van der Waals surface area contributed by atoms with Crippen LogP contribution in [0.15, 0.2) is 79.0 Å². The van der Waals surface area contributed by atoms with Gasteiger partial charge in [-0.1, -0.05) is 43.3 Å². The van der Waals surface area contributed by atoms with Crippen molar-refractivity contribution in [2.75, 3.05) is 60.6 Å². The molecule has 3 aliphatic rings. The zero-order valence-electron chi connectivity index (χ0n) is 37.8. The van der Waals surface area contributed by atoms with Gasteiger partial charge in [-0.2, -0.15) is 0 Å². The topological polar surface area (TPSA) is 102 Å². The van der Waals surface area contributed by atoms with Crippen LogP contribution in [0.2, 0.25) is 0 Å². The molecule has 9 rings (SSSR count). The Hall–Kier alpha value is -4.17. The molecule has 6 aromatic rings. The predicted octanol–water partition coefficient (Wildman–Crippen LogP) is 10.5. The first kappa shape index (κ1) is 46.8. The number of thiazole rings is 3. The molecule has 0 saturated carbocycles. The summed E-state index contributed by atoms with van der Waals surface area (Å²) in [7, 11) is 5.10. The number of aryl methyl sites for hydroxylation is 2. The van der Waals surface area contributed by atoms with E-state index in [1.807, 2.05) is 70.4 Å². The van der Waals surface area contributed by atoms with Gasteiger partial charge < -0.3 is 30.2 Å². The Kier molecular flexibility index (Phi) is 18.0. The van der Waals surface area contributed by atoms with Crippen LogP contribution in [0.25, 0.3) is 0 Å². The van der Waals surface area contributed by atoms with Crippen LogP contribution >= 0.6 is 34.0 Å². The zero-order chi connectivity index (χ0) is 43.8. The van der Waals surface area contributed by atoms with Crippen LogP contribution in [0, 0.1) is 6.92 Å². The highest BCUT2D eigenvalue weighted by Gasteiger charge is 2.23. The standard InChI is InChI=1S/C18H24N2OS.C17H22N2OS.C16H20N2OS/c1-3-16-18(14-8-10-19-11-9-14)22-17(20-16)12-13-4-6-15(21-2)7-5-13;1-12-17(14-7-9-18-10-8-14)21-16(19-12)11-13-3-5-15(20-2)6-4-13;1-19-14-4-2-12(3-5-14)10-16-18-11-15(20-16)13-6-8-17-9-7-13/h4-7,14,19H,3,8-12H2,1-2H3;3-6,14,18H,7-11H2,1-2H3;2-5,11,13,17H,6-10H2,1H3. The maximum Gasteiger partial charge on any atom is 0.118 e. The predicted molar refractivity (Wildman–Crippen MR) is 262 cm³/mol. The molecular formula is C51H66N6O3S3. The minimum absolute atomic E-state index is 0.702. The highest BCUT2D eigenvalue weighted by molar-refractivity contribution is 7.12. The van der Waals surface area contributed by atoms with Gasteiger partial charge in [0.2, 0.25) is 0 Å². The van der Waals surface area contributed by atoms with Crippen LogP contribution < -0.4 is 30.2 Å². The minimum atomic E-state index is 0.702. The van der Waals surface area contributed by atoms with E-state index in [9.17, 15) is 0 Å². The molecule has 3 saturated heterocycles. The van der Waals surface area contributed by atoms with E-state index in [4.69, 9.17) is 24.2 Å². The molecule has 0 amide bonds. The molecule has 3 fully saturated rings. The second kappa shape index (κ2) is 24.2. The number of ether oxygens (including phenoxy) is 3. The van der Waals surface area contributed by atoms with Crippen LogP contribution in [0.3, 0.4) is 0 Å². The van der Waals surface area contributed by atoms with Gasteiger partial charge in [-0.3, -0.25) is 0 Å². The number of rotatable bonds is 13. The van der Waals surface area contributed by atoms with Crippen LogP contribution in [0.4, 0.5) is 0 Å². The van der Waals surface area contributed by atoms with E-state index in [-0.39, 0.29) is 0 Å². The molecule has 12 heteroatoms. The van der Waals surface area contributed by atoms with E-state index in [1.54, 1.807) is 21.3 Å². The highest BCUT2D eigenvalue weighted by atomic mass is 32.1. The van der Waals surface area contributed by atoms with Gasteiger partial charge in [0.25, 0.3) is 0 Å². The molecule has 9 nitrogen and oxygen atoms in total. The van der Waals surface area contributed by atoms with E-state index in [0.717, 1.165) is 82.2 Å². The van der Waals surface area contributed by atoms with E-state index >= 15 is 0 Å². The Morgan fingerprint density at radius 3 is 1.35 bits per heavy atom. The van der Waals surface area contributed by atoms with Crippen molar-refractivity contribution >= 4 is 34.0 Å². The molecule has 0 atom stereocenters. The SMILES string of the molecule is CCc1nc(Cc2ccc(OC)cc2)sc1C1CCNCC1.COc1ccc(Cc2nc(C)c(C3CCNCC3)s2)cc1.COc1ccc(Cc2ncc(C3CCNCC3)s2)cc1.